The molecule has 2 N–H and O–H groups in total. The van der Waals surface area contributed by atoms with E-state index in [1.165, 1.54) is 0 Å². The van der Waals surface area contributed by atoms with E-state index in [1.54, 1.807) is 12.0 Å². The average Bonchev–Trinajstić information content (AvgIpc) is 2.98. The van der Waals surface area contributed by atoms with Crippen molar-refractivity contribution in [3.63, 3.8) is 0 Å². The van der Waals surface area contributed by atoms with Gasteiger partial charge in [-0.2, -0.15) is 0 Å². The van der Waals surface area contributed by atoms with Gasteiger partial charge < -0.3 is 20.3 Å². The Morgan fingerprint density at radius 2 is 2.20 bits per heavy atom. The summed E-state index contributed by atoms with van der Waals surface area (Å²) in [5.74, 6) is 0.291. The van der Waals surface area contributed by atoms with Crippen LogP contribution in [0.25, 0.3) is 0 Å². The van der Waals surface area contributed by atoms with Crippen molar-refractivity contribution >= 4 is 17.5 Å². The van der Waals surface area contributed by atoms with Crippen LogP contribution in [0.5, 0.6) is 5.75 Å². The van der Waals surface area contributed by atoms with E-state index in [-0.39, 0.29) is 36.2 Å². The van der Waals surface area contributed by atoms with Crippen LogP contribution in [-0.2, 0) is 9.59 Å². The highest BCUT2D eigenvalue weighted by molar-refractivity contribution is 6.01. The molecule has 0 radical (unpaired) electrons. The number of piperidine rings is 1. The molecule has 1 aromatic rings. The molecule has 2 aliphatic rings. The van der Waals surface area contributed by atoms with Crippen molar-refractivity contribution in [2.45, 2.75) is 45.2 Å². The monoisotopic (exact) mass is 345 g/mol. The van der Waals surface area contributed by atoms with Crippen molar-refractivity contribution in [3.8, 4) is 5.75 Å². The molecule has 0 aliphatic carbocycles. The molecule has 2 aliphatic heterocycles. The first kappa shape index (κ1) is 17.7. The highest BCUT2D eigenvalue weighted by Crippen LogP contribution is 2.34. The van der Waals surface area contributed by atoms with Gasteiger partial charge in [-0.25, -0.2) is 0 Å². The number of hydrogen-bond donors (Lipinski definition) is 2. The Balaban J connectivity index is 1.70. The summed E-state index contributed by atoms with van der Waals surface area (Å²) in [6.07, 6.45) is 2.29. The first-order valence-corrected chi connectivity index (χ1v) is 8.98. The third-order valence-electron chi connectivity index (χ3n) is 5.21. The lowest BCUT2D eigenvalue weighted by Crippen LogP contribution is -2.53. The largest absolute Gasteiger partial charge is 0.495 e. The van der Waals surface area contributed by atoms with E-state index >= 15 is 0 Å². The minimum absolute atomic E-state index is 0.0250. The Kier molecular flexibility index (Phi) is 5.27. The van der Waals surface area contributed by atoms with Crippen molar-refractivity contribution in [1.82, 2.24) is 10.6 Å². The van der Waals surface area contributed by atoms with Crippen LogP contribution in [0.3, 0.4) is 0 Å². The number of ether oxygens (including phenoxy) is 1. The second-order valence-electron chi connectivity index (χ2n) is 7.08. The van der Waals surface area contributed by atoms with Crippen LogP contribution in [0.15, 0.2) is 18.2 Å². The number of carbonyl (C=O) groups excluding carboxylic acids is 2. The molecule has 3 unspecified atom stereocenters. The smallest absolute Gasteiger partial charge is 0.227 e. The fourth-order valence-electron chi connectivity index (χ4n) is 3.67. The van der Waals surface area contributed by atoms with Crippen molar-refractivity contribution < 1.29 is 14.3 Å². The van der Waals surface area contributed by atoms with Crippen LogP contribution in [0.1, 0.15) is 31.7 Å². The molecule has 25 heavy (non-hydrogen) atoms. The molecule has 6 nitrogen and oxygen atoms in total. The second kappa shape index (κ2) is 7.44. The molecule has 6 heteroatoms. The van der Waals surface area contributed by atoms with Gasteiger partial charge in [0.1, 0.15) is 5.75 Å². The molecule has 0 bridgehead atoms. The van der Waals surface area contributed by atoms with E-state index in [4.69, 9.17) is 4.74 Å². The minimum atomic E-state index is -0.313. The van der Waals surface area contributed by atoms with E-state index in [0.29, 0.717) is 12.3 Å². The maximum Gasteiger partial charge on any atom is 0.227 e. The van der Waals surface area contributed by atoms with Crippen LogP contribution in [-0.4, -0.2) is 44.1 Å². The Morgan fingerprint density at radius 1 is 1.40 bits per heavy atom. The summed E-state index contributed by atoms with van der Waals surface area (Å²) in [6, 6.07) is 6.15. The molecule has 2 heterocycles. The van der Waals surface area contributed by atoms with Crippen LogP contribution in [0, 0.1) is 12.8 Å². The number of nitrogens with zero attached hydrogens (tertiary/aromatic N) is 1. The fraction of sp³-hybridized carbons (Fsp3) is 0.579. The molecule has 3 atom stereocenters. The molecule has 0 spiro atoms. The molecule has 3 rings (SSSR count). The molecule has 2 amide bonds. The van der Waals surface area contributed by atoms with Gasteiger partial charge >= 0.3 is 0 Å². The lowest BCUT2D eigenvalue weighted by atomic mass is 9.98. The Hall–Kier alpha value is -2.08. The Morgan fingerprint density at radius 3 is 2.92 bits per heavy atom. The number of methoxy groups -OCH3 is 1. The Labute approximate surface area is 148 Å². The van der Waals surface area contributed by atoms with Crippen LogP contribution in [0.2, 0.25) is 0 Å². The number of anilines is 1. The van der Waals surface area contributed by atoms with Gasteiger partial charge in [-0.3, -0.25) is 9.59 Å². The highest BCUT2D eigenvalue weighted by atomic mass is 16.5. The third-order valence-corrected chi connectivity index (χ3v) is 5.21. The van der Waals surface area contributed by atoms with E-state index in [9.17, 15) is 9.59 Å². The zero-order valence-corrected chi connectivity index (χ0v) is 15.2. The summed E-state index contributed by atoms with van der Waals surface area (Å²) in [5, 5.41) is 6.52. The van der Waals surface area contributed by atoms with E-state index in [1.807, 2.05) is 25.1 Å². The first-order valence-electron chi connectivity index (χ1n) is 8.98. The second-order valence-corrected chi connectivity index (χ2v) is 7.08. The molecule has 136 valence electrons. The summed E-state index contributed by atoms with van der Waals surface area (Å²) in [5.41, 5.74) is 1.80. The molecular weight excluding hydrogens is 318 g/mol. The summed E-state index contributed by atoms with van der Waals surface area (Å²) >= 11 is 0. The first-order chi connectivity index (χ1) is 12.0. The summed E-state index contributed by atoms with van der Waals surface area (Å²) < 4.78 is 5.39. The van der Waals surface area contributed by atoms with Gasteiger partial charge in [0.05, 0.1) is 18.7 Å². The predicted octanol–water partition coefficient (Wildman–Crippen LogP) is 1.61. The molecular formula is C19H27N3O3. The predicted molar refractivity (Wildman–Crippen MR) is 96.8 cm³/mol. The number of amides is 2. The minimum Gasteiger partial charge on any atom is -0.495 e. The van der Waals surface area contributed by atoms with Gasteiger partial charge in [0.15, 0.2) is 0 Å². The maximum absolute atomic E-state index is 12.7. The molecule has 1 aromatic carbocycles. The lowest BCUT2D eigenvalue weighted by molar-refractivity contribution is -0.127. The number of nitrogens with one attached hydrogen (secondary N) is 2. The summed E-state index contributed by atoms with van der Waals surface area (Å²) in [7, 11) is 1.59. The highest BCUT2D eigenvalue weighted by Gasteiger charge is 2.37. The molecule has 0 saturated carbocycles. The van der Waals surface area contributed by atoms with Gasteiger partial charge in [-0.05, 0) is 50.9 Å². The average molecular weight is 345 g/mol. The van der Waals surface area contributed by atoms with E-state index < -0.39 is 0 Å². The summed E-state index contributed by atoms with van der Waals surface area (Å²) in [6.45, 7) is 5.47. The van der Waals surface area contributed by atoms with Gasteiger partial charge in [-0.1, -0.05) is 6.07 Å². The molecule has 2 saturated heterocycles. The maximum atomic E-state index is 12.7. The van der Waals surface area contributed by atoms with Crippen LogP contribution < -0.4 is 20.3 Å². The molecule has 0 aromatic heterocycles. The van der Waals surface area contributed by atoms with E-state index in [0.717, 1.165) is 30.6 Å². The number of rotatable bonds is 4. The standard InChI is InChI=1S/C19H27N3O3/c1-12-6-7-17(25-3)16(9-12)22-11-14(10-18(22)23)19(24)21-15-5-4-8-20-13(15)2/h6-7,9,13-15,20H,4-5,8,10-11H2,1-3H3,(H,21,24). The number of aryl methyl sites for hydroxylation is 1. The SMILES string of the molecule is COc1ccc(C)cc1N1CC(C(=O)NC2CCCNC2C)CC1=O. The van der Waals surface area contributed by atoms with Gasteiger partial charge in [0.25, 0.3) is 0 Å². The normalized spacial score (nSPS) is 26.6. The quantitative estimate of drug-likeness (QED) is 0.870. The van der Waals surface area contributed by atoms with Crippen molar-refractivity contribution in [1.29, 1.82) is 0 Å². The van der Waals surface area contributed by atoms with Gasteiger partial charge in [-0.15, -0.1) is 0 Å². The van der Waals surface area contributed by atoms with Crippen molar-refractivity contribution in [2.75, 3.05) is 25.1 Å². The Bertz CT molecular complexity index is 661. The van der Waals surface area contributed by atoms with Crippen LogP contribution in [0.4, 0.5) is 5.69 Å². The molecule has 2 fully saturated rings. The van der Waals surface area contributed by atoms with Gasteiger partial charge in [0, 0.05) is 25.0 Å². The number of benzene rings is 1. The zero-order valence-electron chi connectivity index (χ0n) is 15.2. The van der Waals surface area contributed by atoms with Crippen LogP contribution >= 0.6 is 0 Å². The zero-order chi connectivity index (χ0) is 18.0. The van der Waals surface area contributed by atoms with E-state index in [2.05, 4.69) is 17.6 Å². The van der Waals surface area contributed by atoms with Crippen molar-refractivity contribution in [3.05, 3.63) is 23.8 Å². The number of carbonyl (C=O) groups is 2. The third kappa shape index (κ3) is 3.79. The van der Waals surface area contributed by atoms with Gasteiger partial charge in [0.2, 0.25) is 11.8 Å². The topological polar surface area (TPSA) is 70.7 Å². The summed E-state index contributed by atoms with van der Waals surface area (Å²) in [4.78, 5) is 26.8. The number of hydrogen-bond acceptors (Lipinski definition) is 4. The fourth-order valence-corrected chi connectivity index (χ4v) is 3.67. The lowest BCUT2D eigenvalue weighted by Gasteiger charge is -2.31. The van der Waals surface area contributed by atoms with Crippen molar-refractivity contribution in [2.24, 2.45) is 5.92 Å².